The number of fused-ring (bicyclic) bond motifs is 1. The summed E-state index contributed by atoms with van der Waals surface area (Å²) in [6, 6.07) is 4.15. The quantitative estimate of drug-likeness (QED) is 0.594. The van der Waals surface area contributed by atoms with E-state index in [-0.39, 0.29) is 5.91 Å². The fraction of sp³-hybridized carbons (Fsp3) is 0.462. The van der Waals surface area contributed by atoms with Gasteiger partial charge in [-0.3, -0.25) is 0 Å². The maximum Gasteiger partial charge on any atom is 0.367 e. The summed E-state index contributed by atoms with van der Waals surface area (Å²) in [4.78, 5) is 13.5. The summed E-state index contributed by atoms with van der Waals surface area (Å²) in [5.41, 5.74) is 5.07. The predicted molar refractivity (Wildman–Crippen MR) is 61.7 cm³/mol. The van der Waals surface area contributed by atoms with Gasteiger partial charge in [-0.25, -0.2) is 4.79 Å². The van der Waals surface area contributed by atoms with Crippen LogP contribution in [0.25, 0.3) is 0 Å². The van der Waals surface area contributed by atoms with Gasteiger partial charge in [0, 0.05) is 17.5 Å². The molecular weight excluding hydrogens is 186 g/mol. The standard InChI is InChI=1S/C13H17NO/c1-8-5-6-11-13(10(8)3)9(2)7-12(15)14(11)4/h5-6,9H,7H2,1-4H3/q+1. The van der Waals surface area contributed by atoms with E-state index in [0.29, 0.717) is 12.3 Å². The van der Waals surface area contributed by atoms with Gasteiger partial charge in [0.2, 0.25) is 0 Å². The highest BCUT2D eigenvalue weighted by Gasteiger charge is 2.36. The average Bonchev–Trinajstić information content (AvgIpc) is 2.18. The molecule has 15 heavy (non-hydrogen) atoms. The second kappa shape index (κ2) is 3.46. The second-order valence-corrected chi connectivity index (χ2v) is 4.50. The minimum atomic E-state index is 0.221. The van der Waals surface area contributed by atoms with Crippen LogP contribution in [0.4, 0.5) is 5.69 Å². The number of carbonyl (C=O) groups excluding carboxylic acids is 1. The molecule has 1 aliphatic rings. The third-order valence-corrected chi connectivity index (χ3v) is 3.47. The molecule has 2 nitrogen and oxygen atoms in total. The van der Waals surface area contributed by atoms with Crippen molar-refractivity contribution >= 4 is 11.6 Å². The van der Waals surface area contributed by atoms with Crippen LogP contribution in [0.1, 0.15) is 36.0 Å². The van der Waals surface area contributed by atoms with Crippen LogP contribution in [-0.4, -0.2) is 13.0 Å². The van der Waals surface area contributed by atoms with Gasteiger partial charge in [-0.2, -0.15) is 0 Å². The average molecular weight is 203 g/mol. The van der Waals surface area contributed by atoms with Crippen LogP contribution in [0.2, 0.25) is 0 Å². The van der Waals surface area contributed by atoms with Crippen molar-refractivity contribution in [3.63, 3.8) is 0 Å². The minimum Gasteiger partial charge on any atom is -0.225 e. The molecule has 1 aromatic rings. The third-order valence-electron chi connectivity index (χ3n) is 3.47. The molecule has 0 aromatic heterocycles. The predicted octanol–water partition coefficient (Wildman–Crippen LogP) is 2.74. The monoisotopic (exact) mass is 203 g/mol. The molecular formula is C13H17NO+. The van der Waals surface area contributed by atoms with Crippen molar-refractivity contribution in [3.8, 4) is 0 Å². The Morgan fingerprint density at radius 3 is 2.67 bits per heavy atom. The van der Waals surface area contributed by atoms with Crippen LogP contribution in [0, 0.1) is 13.8 Å². The zero-order valence-electron chi connectivity index (χ0n) is 9.79. The van der Waals surface area contributed by atoms with E-state index in [9.17, 15) is 4.79 Å². The molecule has 0 saturated heterocycles. The summed E-state index contributed by atoms with van der Waals surface area (Å²) < 4.78 is 0. The van der Waals surface area contributed by atoms with Gasteiger partial charge >= 0.3 is 5.91 Å². The zero-order valence-corrected chi connectivity index (χ0v) is 9.79. The summed E-state index contributed by atoms with van der Waals surface area (Å²) in [7, 11) is 1.86. The maximum absolute atomic E-state index is 11.7. The normalized spacial score (nSPS) is 21.6. The Morgan fingerprint density at radius 2 is 2.00 bits per heavy atom. The van der Waals surface area contributed by atoms with E-state index < -0.39 is 0 Å². The van der Waals surface area contributed by atoms with Crippen LogP contribution < -0.4 is 4.90 Å². The molecule has 0 N–H and O–H groups in total. The summed E-state index contributed by atoms with van der Waals surface area (Å²) in [6.45, 7) is 6.41. The highest BCUT2D eigenvalue weighted by Crippen LogP contribution is 2.37. The number of hydrogen-bond donors (Lipinski definition) is 0. The molecule has 1 aliphatic heterocycles. The number of nitrogens with zero attached hydrogens (tertiary/aromatic N) is 1. The van der Waals surface area contributed by atoms with Crippen LogP contribution in [0.5, 0.6) is 0 Å². The number of hydrogen-bond acceptors (Lipinski definition) is 1. The van der Waals surface area contributed by atoms with Gasteiger partial charge in [-0.1, -0.05) is 17.9 Å². The SMILES string of the molecule is Cc1ccc2c(c1C)C(C)CC(=O)[N+]2C. The first-order valence-corrected chi connectivity index (χ1v) is 5.39. The van der Waals surface area contributed by atoms with Crippen LogP contribution in [0.15, 0.2) is 12.1 Å². The smallest absolute Gasteiger partial charge is 0.225 e. The highest BCUT2D eigenvalue weighted by atomic mass is 16.2. The van der Waals surface area contributed by atoms with Crippen molar-refractivity contribution in [2.24, 2.45) is 0 Å². The zero-order chi connectivity index (χ0) is 11.2. The molecule has 0 bridgehead atoms. The van der Waals surface area contributed by atoms with Crippen molar-refractivity contribution < 1.29 is 4.79 Å². The van der Waals surface area contributed by atoms with Crippen LogP contribution in [-0.2, 0) is 4.79 Å². The van der Waals surface area contributed by atoms with E-state index in [1.165, 1.54) is 16.7 Å². The van der Waals surface area contributed by atoms with Gasteiger partial charge in [0.15, 0.2) is 5.69 Å². The van der Waals surface area contributed by atoms with E-state index in [2.05, 4.69) is 32.9 Å². The Bertz CT molecular complexity index is 423. The number of carbonyl (C=O) groups is 1. The molecule has 2 rings (SSSR count). The van der Waals surface area contributed by atoms with Crippen molar-refractivity contribution in [2.45, 2.75) is 33.1 Å². The lowest BCUT2D eigenvalue weighted by atomic mass is 9.86. The van der Waals surface area contributed by atoms with E-state index in [1.54, 1.807) is 4.90 Å². The Balaban J connectivity index is 2.65. The van der Waals surface area contributed by atoms with Gasteiger partial charge < -0.3 is 0 Å². The van der Waals surface area contributed by atoms with Gasteiger partial charge in [0.1, 0.15) is 7.05 Å². The Labute approximate surface area is 90.9 Å². The molecule has 0 fully saturated rings. The van der Waals surface area contributed by atoms with Crippen molar-refractivity contribution in [2.75, 3.05) is 7.05 Å². The Hall–Kier alpha value is -1.15. The van der Waals surface area contributed by atoms with E-state index in [4.69, 9.17) is 0 Å². The van der Waals surface area contributed by atoms with Gasteiger partial charge in [-0.05, 0) is 25.0 Å². The number of benzene rings is 1. The molecule has 2 heteroatoms. The number of amides is 1. The summed E-state index contributed by atoms with van der Waals surface area (Å²) in [6.07, 6.45) is 0.633. The first-order valence-electron chi connectivity index (χ1n) is 5.39. The molecule has 1 amide bonds. The lowest BCUT2D eigenvalue weighted by molar-refractivity contribution is -0.124. The Kier molecular flexibility index (Phi) is 2.39. The highest BCUT2D eigenvalue weighted by molar-refractivity contribution is 5.88. The second-order valence-electron chi connectivity index (χ2n) is 4.50. The Morgan fingerprint density at radius 1 is 1.33 bits per heavy atom. The van der Waals surface area contributed by atoms with Gasteiger partial charge in [-0.15, -0.1) is 0 Å². The summed E-state index contributed by atoms with van der Waals surface area (Å²) in [5, 5.41) is 0. The maximum atomic E-state index is 11.7. The summed E-state index contributed by atoms with van der Waals surface area (Å²) in [5.74, 6) is 0.571. The van der Waals surface area contributed by atoms with Gasteiger partial charge in [0.05, 0.1) is 6.42 Å². The fourth-order valence-corrected chi connectivity index (χ4v) is 2.37. The molecule has 0 spiro atoms. The molecule has 0 aliphatic carbocycles. The van der Waals surface area contributed by atoms with Gasteiger partial charge in [0.25, 0.3) is 0 Å². The number of aryl methyl sites for hydroxylation is 1. The van der Waals surface area contributed by atoms with Crippen molar-refractivity contribution in [1.29, 1.82) is 0 Å². The largest absolute Gasteiger partial charge is 0.367 e. The summed E-state index contributed by atoms with van der Waals surface area (Å²) >= 11 is 0. The molecule has 79 valence electrons. The molecule has 1 unspecified atom stereocenters. The minimum absolute atomic E-state index is 0.221. The van der Waals surface area contributed by atoms with Crippen molar-refractivity contribution in [1.82, 2.24) is 4.90 Å². The fourth-order valence-electron chi connectivity index (χ4n) is 2.37. The number of anilines is 1. The lowest BCUT2D eigenvalue weighted by Gasteiger charge is -2.23. The van der Waals surface area contributed by atoms with E-state index >= 15 is 0 Å². The van der Waals surface area contributed by atoms with E-state index in [1.807, 2.05) is 7.05 Å². The third kappa shape index (κ3) is 1.49. The topological polar surface area (TPSA) is 23.0 Å². The molecule has 1 radical (unpaired) electrons. The first-order chi connectivity index (χ1) is 7.02. The van der Waals surface area contributed by atoms with Crippen LogP contribution >= 0.6 is 0 Å². The molecule has 1 aromatic carbocycles. The van der Waals surface area contributed by atoms with E-state index in [0.717, 1.165) is 5.69 Å². The molecule has 1 atom stereocenters. The lowest BCUT2D eigenvalue weighted by Crippen LogP contribution is -2.34. The molecule has 1 heterocycles. The van der Waals surface area contributed by atoms with Crippen molar-refractivity contribution in [3.05, 3.63) is 28.8 Å². The number of rotatable bonds is 0. The van der Waals surface area contributed by atoms with Crippen LogP contribution in [0.3, 0.4) is 0 Å². The molecule has 0 saturated carbocycles. The first kappa shape index (κ1) is 10.4.